The molecule has 0 aliphatic carbocycles. The van der Waals surface area contributed by atoms with Gasteiger partial charge in [0.15, 0.2) is 6.04 Å². The second-order valence-electron chi connectivity index (χ2n) is 6.05. The molecule has 0 spiro atoms. The van der Waals surface area contributed by atoms with Crippen molar-refractivity contribution in [3.05, 3.63) is 48.8 Å². The number of aliphatic imine (C=N–C) groups is 2. The Bertz CT molecular complexity index is 820. The summed E-state index contributed by atoms with van der Waals surface area (Å²) >= 11 is 0. The van der Waals surface area contributed by atoms with Gasteiger partial charge in [0.05, 0.1) is 23.0 Å². The molecule has 29 heavy (non-hydrogen) atoms. The number of nitrogens with two attached hydrogens (primary N) is 1. The average molecular weight is 408 g/mol. The van der Waals surface area contributed by atoms with Crippen LogP contribution in [0.4, 0.5) is 18.9 Å². The zero-order valence-corrected chi connectivity index (χ0v) is 16.4. The van der Waals surface area contributed by atoms with Crippen LogP contribution >= 0.6 is 0 Å². The lowest BCUT2D eigenvalue weighted by Crippen LogP contribution is -2.30. The number of ether oxygens (including phenoxy) is 1. The van der Waals surface area contributed by atoms with E-state index in [0.717, 1.165) is 12.1 Å². The summed E-state index contributed by atoms with van der Waals surface area (Å²) in [5, 5.41) is 12.2. The van der Waals surface area contributed by atoms with E-state index in [1.165, 1.54) is 24.5 Å². The highest BCUT2D eigenvalue weighted by molar-refractivity contribution is 6.23. The minimum absolute atomic E-state index is 0.300. The predicted molar refractivity (Wildman–Crippen MR) is 107 cm³/mol. The molecule has 0 fully saturated rings. The molecule has 0 bridgehead atoms. The van der Waals surface area contributed by atoms with Crippen LogP contribution in [0.2, 0.25) is 0 Å². The molecular weight excluding hydrogens is 385 g/mol. The SMILES string of the molecule is C=CNC(=NC(C#N)CN(C)C)C(=CN)C(C)=Nc1ccc(OC(F)(F)F)cc1. The van der Waals surface area contributed by atoms with E-state index < -0.39 is 12.4 Å². The molecule has 0 saturated carbocycles. The van der Waals surface area contributed by atoms with Crippen LogP contribution in [0.3, 0.4) is 0 Å². The molecule has 1 aromatic carbocycles. The van der Waals surface area contributed by atoms with E-state index in [1.807, 2.05) is 19.0 Å². The van der Waals surface area contributed by atoms with Crippen LogP contribution in [0.1, 0.15) is 6.92 Å². The van der Waals surface area contributed by atoms with Gasteiger partial charge in [0.1, 0.15) is 11.6 Å². The van der Waals surface area contributed by atoms with Crippen molar-refractivity contribution < 1.29 is 17.9 Å². The Morgan fingerprint density at radius 1 is 1.38 bits per heavy atom. The van der Waals surface area contributed by atoms with Crippen LogP contribution in [-0.2, 0) is 0 Å². The van der Waals surface area contributed by atoms with E-state index in [4.69, 9.17) is 5.73 Å². The largest absolute Gasteiger partial charge is 0.573 e. The summed E-state index contributed by atoms with van der Waals surface area (Å²) in [5.41, 5.74) is 6.98. The summed E-state index contributed by atoms with van der Waals surface area (Å²) in [4.78, 5) is 10.5. The third-order valence-corrected chi connectivity index (χ3v) is 3.39. The van der Waals surface area contributed by atoms with Gasteiger partial charge in [0.2, 0.25) is 0 Å². The number of nitrogens with one attached hydrogen (secondary N) is 1. The molecule has 0 radical (unpaired) electrons. The second kappa shape index (κ2) is 10.9. The fourth-order valence-corrected chi connectivity index (χ4v) is 2.24. The number of rotatable bonds is 8. The Hall–Kier alpha value is -3.32. The van der Waals surface area contributed by atoms with Gasteiger partial charge in [-0.25, -0.2) is 4.99 Å². The highest BCUT2D eigenvalue weighted by Crippen LogP contribution is 2.25. The van der Waals surface area contributed by atoms with Gasteiger partial charge in [0.25, 0.3) is 0 Å². The zero-order valence-electron chi connectivity index (χ0n) is 16.4. The molecule has 10 heteroatoms. The number of amidine groups is 1. The van der Waals surface area contributed by atoms with Gasteiger partial charge in [-0.2, -0.15) is 5.26 Å². The van der Waals surface area contributed by atoms with Crippen molar-refractivity contribution in [3.63, 3.8) is 0 Å². The molecule has 1 rings (SSSR count). The lowest BCUT2D eigenvalue weighted by molar-refractivity contribution is -0.274. The normalized spacial score (nSPS) is 14.3. The van der Waals surface area contributed by atoms with Gasteiger partial charge in [-0.05, 0) is 51.5 Å². The first-order valence-corrected chi connectivity index (χ1v) is 8.43. The lowest BCUT2D eigenvalue weighted by atomic mass is 10.1. The molecule has 0 heterocycles. The molecule has 3 N–H and O–H groups in total. The van der Waals surface area contributed by atoms with Crippen molar-refractivity contribution in [3.8, 4) is 11.8 Å². The van der Waals surface area contributed by atoms with Crippen molar-refractivity contribution >= 4 is 17.2 Å². The molecule has 156 valence electrons. The zero-order chi connectivity index (χ0) is 22.0. The van der Waals surface area contributed by atoms with E-state index >= 15 is 0 Å². The molecule has 7 nitrogen and oxygen atoms in total. The number of hydrogen-bond donors (Lipinski definition) is 2. The number of nitrogens with zero attached hydrogens (tertiary/aromatic N) is 4. The standard InChI is InChI=1S/C19H23F3N6O/c1-5-25-18(27-15(10-23)12-28(3)4)17(11-24)13(2)26-14-6-8-16(9-7-14)29-19(20,21)22/h5-9,11,15H,1,12,24H2,2-4H3,(H,25,27). The van der Waals surface area contributed by atoms with Crippen LogP contribution in [0.25, 0.3) is 0 Å². The molecule has 0 aliphatic heterocycles. The van der Waals surface area contributed by atoms with E-state index in [2.05, 4.69) is 32.7 Å². The lowest BCUT2D eigenvalue weighted by Gasteiger charge is -2.15. The molecule has 1 atom stereocenters. The minimum Gasteiger partial charge on any atom is -0.406 e. The number of hydrogen-bond acceptors (Lipinski definition) is 6. The fourth-order valence-electron chi connectivity index (χ4n) is 2.24. The van der Waals surface area contributed by atoms with Crippen molar-refractivity contribution in [1.29, 1.82) is 5.26 Å². The number of halogens is 3. The first-order chi connectivity index (χ1) is 13.6. The summed E-state index contributed by atoms with van der Waals surface area (Å²) in [5.74, 6) is -0.0472. The Morgan fingerprint density at radius 3 is 2.45 bits per heavy atom. The van der Waals surface area contributed by atoms with Crippen LogP contribution < -0.4 is 15.8 Å². The third-order valence-electron chi connectivity index (χ3n) is 3.39. The summed E-state index contributed by atoms with van der Waals surface area (Å²) < 4.78 is 40.6. The monoisotopic (exact) mass is 408 g/mol. The first kappa shape index (κ1) is 23.7. The Labute approximate surface area is 167 Å². The number of nitriles is 1. The molecule has 0 aliphatic rings. The summed E-state index contributed by atoms with van der Waals surface area (Å²) in [6.07, 6.45) is -2.09. The Morgan fingerprint density at radius 2 is 2.00 bits per heavy atom. The van der Waals surface area contributed by atoms with Gasteiger partial charge in [0, 0.05) is 12.7 Å². The molecular formula is C19H23F3N6O. The van der Waals surface area contributed by atoms with Gasteiger partial charge in [-0.1, -0.05) is 6.58 Å². The molecule has 0 amide bonds. The third kappa shape index (κ3) is 8.49. The molecule has 0 saturated heterocycles. The van der Waals surface area contributed by atoms with E-state index in [9.17, 15) is 18.4 Å². The van der Waals surface area contributed by atoms with Crippen molar-refractivity contribution in [1.82, 2.24) is 10.2 Å². The fraction of sp³-hybridized carbons (Fsp3) is 0.316. The summed E-state index contributed by atoms with van der Waals surface area (Å²) in [6.45, 7) is 5.65. The van der Waals surface area contributed by atoms with Crippen molar-refractivity contribution in [2.45, 2.75) is 19.3 Å². The maximum Gasteiger partial charge on any atom is 0.573 e. The first-order valence-electron chi connectivity index (χ1n) is 8.43. The highest BCUT2D eigenvalue weighted by atomic mass is 19.4. The van der Waals surface area contributed by atoms with Crippen LogP contribution in [0, 0.1) is 11.3 Å². The van der Waals surface area contributed by atoms with Crippen molar-refractivity contribution in [2.24, 2.45) is 15.7 Å². The Kier molecular flexibility index (Phi) is 8.89. The predicted octanol–water partition coefficient (Wildman–Crippen LogP) is 3.11. The maximum atomic E-state index is 12.3. The highest BCUT2D eigenvalue weighted by Gasteiger charge is 2.30. The Balaban J connectivity index is 3.15. The maximum absolute atomic E-state index is 12.3. The van der Waals surface area contributed by atoms with E-state index in [1.54, 1.807) is 6.92 Å². The summed E-state index contributed by atoms with van der Waals surface area (Å²) in [6, 6.07) is 6.51. The van der Waals surface area contributed by atoms with Gasteiger partial charge in [-0.15, -0.1) is 13.2 Å². The van der Waals surface area contributed by atoms with Gasteiger partial charge < -0.3 is 20.7 Å². The smallest absolute Gasteiger partial charge is 0.406 e. The van der Waals surface area contributed by atoms with Crippen LogP contribution in [0.5, 0.6) is 5.75 Å². The number of alkyl halides is 3. The quantitative estimate of drug-likeness (QED) is 0.509. The topological polar surface area (TPSA) is 99.0 Å². The van der Waals surface area contributed by atoms with Gasteiger partial charge >= 0.3 is 6.36 Å². The second-order valence-corrected chi connectivity index (χ2v) is 6.05. The van der Waals surface area contributed by atoms with E-state index in [0.29, 0.717) is 29.4 Å². The molecule has 0 aromatic heterocycles. The van der Waals surface area contributed by atoms with Crippen LogP contribution in [-0.4, -0.2) is 49.5 Å². The van der Waals surface area contributed by atoms with Gasteiger partial charge in [-0.3, -0.25) is 4.99 Å². The number of likely N-dealkylation sites (N-methyl/N-ethyl adjacent to an activating group) is 1. The molecule has 1 aromatic rings. The average Bonchev–Trinajstić information content (AvgIpc) is 2.61. The minimum atomic E-state index is -4.76. The van der Waals surface area contributed by atoms with E-state index in [-0.39, 0.29) is 5.75 Å². The number of benzene rings is 1. The van der Waals surface area contributed by atoms with Crippen LogP contribution in [0.15, 0.2) is 58.8 Å². The van der Waals surface area contributed by atoms with Crippen molar-refractivity contribution in [2.75, 3.05) is 20.6 Å². The summed E-state index contributed by atoms with van der Waals surface area (Å²) in [7, 11) is 3.64. The molecule has 1 unspecified atom stereocenters.